The summed E-state index contributed by atoms with van der Waals surface area (Å²) in [6.45, 7) is 8.79. The predicted molar refractivity (Wildman–Crippen MR) is 88.1 cm³/mol. The zero-order chi connectivity index (χ0) is 16.1. The molecule has 2 aliphatic heterocycles. The first-order valence-corrected chi connectivity index (χ1v) is 8.18. The lowest BCUT2D eigenvalue weighted by atomic mass is 10.2. The van der Waals surface area contributed by atoms with Gasteiger partial charge < -0.3 is 15.4 Å². The molecule has 0 unspecified atom stereocenters. The van der Waals surface area contributed by atoms with Crippen LogP contribution in [0.25, 0.3) is 0 Å². The summed E-state index contributed by atoms with van der Waals surface area (Å²) in [5, 5.41) is 0.295. The lowest BCUT2D eigenvalue weighted by Crippen LogP contribution is -2.43. The average Bonchev–Trinajstić information content (AvgIpc) is 2.80. The third-order valence-corrected chi connectivity index (χ3v) is 4.43. The fourth-order valence-corrected chi connectivity index (χ4v) is 2.78. The van der Waals surface area contributed by atoms with Gasteiger partial charge >= 0.3 is 0 Å². The SMILES string of the molecule is CC(C)N1CCCN=C(C(Cl)=C(N)C(=O)N2CCOCC2)C1. The average molecular weight is 329 g/mol. The summed E-state index contributed by atoms with van der Waals surface area (Å²) in [6.07, 6.45) is 0.989. The summed E-state index contributed by atoms with van der Waals surface area (Å²) in [5.41, 5.74) is 6.82. The van der Waals surface area contributed by atoms with Crippen LogP contribution in [0.1, 0.15) is 20.3 Å². The zero-order valence-electron chi connectivity index (χ0n) is 13.3. The number of hydrogen-bond acceptors (Lipinski definition) is 5. The Morgan fingerprint density at radius 3 is 2.64 bits per heavy atom. The lowest BCUT2D eigenvalue weighted by molar-refractivity contribution is -0.131. The number of halogens is 1. The normalized spacial score (nSPS) is 22.2. The minimum atomic E-state index is -0.226. The summed E-state index contributed by atoms with van der Waals surface area (Å²) >= 11 is 6.39. The van der Waals surface area contributed by atoms with Gasteiger partial charge in [-0.05, 0) is 20.3 Å². The van der Waals surface area contributed by atoms with E-state index in [2.05, 4.69) is 23.7 Å². The molecule has 22 heavy (non-hydrogen) atoms. The van der Waals surface area contributed by atoms with Crippen molar-refractivity contribution >= 4 is 23.2 Å². The largest absolute Gasteiger partial charge is 0.393 e. The molecule has 124 valence electrons. The number of rotatable bonds is 3. The van der Waals surface area contributed by atoms with Crippen molar-refractivity contribution in [3.63, 3.8) is 0 Å². The van der Waals surface area contributed by atoms with Crippen LogP contribution < -0.4 is 5.73 Å². The number of ether oxygens (including phenoxy) is 1. The highest BCUT2D eigenvalue weighted by Crippen LogP contribution is 2.16. The van der Waals surface area contributed by atoms with Crippen LogP contribution in [0.4, 0.5) is 0 Å². The Bertz CT molecular complexity index is 470. The maximum absolute atomic E-state index is 12.4. The molecule has 0 aromatic carbocycles. The summed E-state index contributed by atoms with van der Waals surface area (Å²) in [7, 11) is 0. The molecule has 2 N–H and O–H groups in total. The van der Waals surface area contributed by atoms with Gasteiger partial charge in [-0.1, -0.05) is 11.6 Å². The van der Waals surface area contributed by atoms with Gasteiger partial charge in [-0.2, -0.15) is 0 Å². The molecule has 0 aromatic heterocycles. The molecule has 0 aromatic rings. The number of nitrogens with zero attached hydrogens (tertiary/aromatic N) is 3. The number of amides is 1. The third-order valence-electron chi connectivity index (χ3n) is 4.01. The minimum Gasteiger partial charge on any atom is -0.393 e. The van der Waals surface area contributed by atoms with Crippen LogP contribution in [0, 0.1) is 0 Å². The van der Waals surface area contributed by atoms with Crippen molar-refractivity contribution in [2.75, 3.05) is 45.9 Å². The second kappa shape index (κ2) is 7.94. The molecule has 1 fully saturated rings. The third kappa shape index (κ3) is 4.21. The van der Waals surface area contributed by atoms with E-state index in [0.29, 0.717) is 56.2 Å². The van der Waals surface area contributed by atoms with E-state index < -0.39 is 0 Å². The van der Waals surface area contributed by atoms with E-state index in [4.69, 9.17) is 22.1 Å². The molecule has 0 spiro atoms. The molecule has 2 heterocycles. The van der Waals surface area contributed by atoms with E-state index in [1.54, 1.807) is 4.90 Å². The van der Waals surface area contributed by atoms with Gasteiger partial charge in [-0.25, -0.2) is 0 Å². The van der Waals surface area contributed by atoms with E-state index in [1.165, 1.54) is 0 Å². The molecule has 6 nitrogen and oxygen atoms in total. The number of aliphatic imine (C=N–C) groups is 1. The highest BCUT2D eigenvalue weighted by Gasteiger charge is 2.24. The van der Waals surface area contributed by atoms with Crippen LogP contribution in [0.3, 0.4) is 0 Å². The Hall–Kier alpha value is -1.11. The smallest absolute Gasteiger partial charge is 0.271 e. The van der Waals surface area contributed by atoms with E-state index in [-0.39, 0.29) is 11.6 Å². The maximum Gasteiger partial charge on any atom is 0.271 e. The van der Waals surface area contributed by atoms with E-state index in [1.807, 2.05) is 0 Å². The topological polar surface area (TPSA) is 71.2 Å². The van der Waals surface area contributed by atoms with Gasteiger partial charge in [0.2, 0.25) is 0 Å². The van der Waals surface area contributed by atoms with E-state index in [0.717, 1.165) is 13.0 Å². The standard InChI is InChI=1S/C15H25ClN4O2/c1-11(2)20-5-3-4-18-12(10-20)13(16)14(17)15(21)19-6-8-22-9-7-19/h11H,3-10,17H2,1-2H3. The van der Waals surface area contributed by atoms with Gasteiger partial charge in [0.25, 0.3) is 5.91 Å². The Balaban J connectivity index is 2.13. The number of morpholine rings is 1. The van der Waals surface area contributed by atoms with Crippen LogP contribution >= 0.6 is 11.6 Å². The number of carbonyl (C=O) groups is 1. The Labute approximate surface area is 136 Å². The van der Waals surface area contributed by atoms with Gasteiger partial charge in [-0.3, -0.25) is 14.7 Å². The maximum atomic E-state index is 12.4. The molecule has 2 rings (SSSR count). The van der Waals surface area contributed by atoms with E-state index in [9.17, 15) is 4.79 Å². The molecule has 7 heteroatoms. The second-order valence-electron chi connectivity index (χ2n) is 5.88. The van der Waals surface area contributed by atoms with Crippen LogP contribution in [-0.2, 0) is 9.53 Å². The summed E-state index contributed by atoms with van der Waals surface area (Å²) in [5.74, 6) is -0.226. The fourth-order valence-electron chi connectivity index (χ4n) is 2.57. The fraction of sp³-hybridized carbons (Fsp3) is 0.733. The molecule has 0 radical (unpaired) electrons. The minimum absolute atomic E-state index is 0.0907. The predicted octanol–water partition coefficient (Wildman–Crippen LogP) is 0.809. The molecule has 0 aliphatic carbocycles. The highest BCUT2D eigenvalue weighted by molar-refractivity contribution is 6.45. The van der Waals surface area contributed by atoms with Crippen molar-refractivity contribution in [1.82, 2.24) is 9.80 Å². The molecule has 0 bridgehead atoms. The Morgan fingerprint density at radius 2 is 2.00 bits per heavy atom. The van der Waals surface area contributed by atoms with Crippen molar-refractivity contribution in [1.29, 1.82) is 0 Å². The van der Waals surface area contributed by atoms with Crippen molar-refractivity contribution in [2.45, 2.75) is 26.3 Å². The first-order chi connectivity index (χ1) is 10.5. The first kappa shape index (κ1) is 17.2. The molecule has 0 atom stereocenters. The van der Waals surface area contributed by atoms with Gasteiger partial charge in [0.1, 0.15) is 5.70 Å². The molecule has 0 saturated carbocycles. The number of carbonyl (C=O) groups excluding carboxylic acids is 1. The second-order valence-corrected chi connectivity index (χ2v) is 6.26. The van der Waals surface area contributed by atoms with Crippen molar-refractivity contribution in [2.24, 2.45) is 10.7 Å². The van der Waals surface area contributed by atoms with Crippen LogP contribution in [0.5, 0.6) is 0 Å². The lowest BCUT2D eigenvalue weighted by Gasteiger charge is -2.28. The molecular weight excluding hydrogens is 304 g/mol. The van der Waals surface area contributed by atoms with Gasteiger partial charge in [0.05, 0.1) is 24.0 Å². The molecular formula is C15H25ClN4O2. The summed E-state index contributed by atoms with van der Waals surface area (Å²) in [4.78, 5) is 20.9. The van der Waals surface area contributed by atoms with Crippen LogP contribution in [-0.4, -0.2) is 73.4 Å². The Morgan fingerprint density at radius 1 is 1.32 bits per heavy atom. The van der Waals surface area contributed by atoms with Crippen molar-refractivity contribution < 1.29 is 9.53 Å². The Kier molecular flexibility index (Phi) is 6.23. The van der Waals surface area contributed by atoms with Crippen LogP contribution in [0.15, 0.2) is 15.7 Å². The molecule has 2 aliphatic rings. The van der Waals surface area contributed by atoms with Crippen LogP contribution in [0.2, 0.25) is 0 Å². The first-order valence-electron chi connectivity index (χ1n) is 7.80. The van der Waals surface area contributed by atoms with Gasteiger partial charge in [-0.15, -0.1) is 0 Å². The monoisotopic (exact) mass is 328 g/mol. The zero-order valence-corrected chi connectivity index (χ0v) is 14.1. The van der Waals surface area contributed by atoms with E-state index >= 15 is 0 Å². The van der Waals surface area contributed by atoms with Crippen molar-refractivity contribution in [3.05, 3.63) is 10.7 Å². The quantitative estimate of drug-likeness (QED) is 0.778. The summed E-state index contributed by atoms with van der Waals surface area (Å²) in [6, 6.07) is 0.406. The van der Waals surface area contributed by atoms with Crippen molar-refractivity contribution in [3.8, 4) is 0 Å². The van der Waals surface area contributed by atoms with Gasteiger partial charge in [0.15, 0.2) is 0 Å². The highest BCUT2D eigenvalue weighted by atomic mass is 35.5. The van der Waals surface area contributed by atoms with Gasteiger partial charge in [0, 0.05) is 38.8 Å². The number of hydrogen-bond donors (Lipinski definition) is 1. The molecule has 1 amide bonds. The number of nitrogens with two attached hydrogens (primary N) is 1. The molecule has 1 saturated heterocycles. The summed E-state index contributed by atoms with van der Waals surface area (Å²) < 4.78 is 5.25.